The topological polar surface area (TPSA) is 87.4 Å². The predicted octanol–water partition coefficient (Wildman–Crippen LogP) is -0.654. The van der Waals surface area contributed by atoms with Crippen LogP contribution in [0.1, 0.15) is 11.3 Å². The molecule has 0 fully saturated rings. The molecule has 2 N–H and O–H groups in total. The maximum atomic E-state index is 5.54. The number of hydrogen-bond acceptors (Lipinski definition) is 5. The molecule has 0 amide bonds. The fourth-order valence-electron chi connectivity index (χ4n) is 1.18. The summed E-state index contributed by atoms with van der Waals surface area (Å²) in [6, 6.07) is 0. The van der Waals surface area contributed by atoms with E-state index in [2.05, 4.69) is 20.6 Å². The van der Waals surface area contributed by atoms with Crippen LogP contribution in [0.25, 0.3) is 0 Å². The van der Waals surface area contributed by atoms with Crippen molar-refractivity contribution >= 4 is 5.95 Å². The zero-order valence-corrected chi connectivity index (χ0v) is 8.05. The Balaban J connectivity index is 2.27. The molecule has 7 nitrogen and oxygen atoms in total. The Labute approximate surface area is 80.5 Å². The lowest BCUT2D eigenvalue weighted by molar-refractivity contribution is 0.650. The number of aromatic nitrogens is 6. The van der Waals surface area contributed by atoms with Gasteiger partial charge in [-0.25, -0.2) is 4.68 Å². The van der Waals surface area contributed by atoms with E-state index in [-0.39, 0.29) is 0 Å². The Kier molecular flexibility index (Phi) is 1.91. The van der Waals surface area contributed by atoms with Crippen molar-refractivity contribution in [1.82, 2.24) is 30.0 Å². The van der Waals surface area contributed by atoms with E-state index in [0.29, 0.717) is 12.5 Å². The molecule has 0 aliphatic rings. The third-order valence-corrected chi connectivity index (χ3v) is 2.22. The molecule has 14 heavy (non-hydrogen) atoms. The molecule has 7 heteroatoms. The molecule has 2 aromatic heterocycles. The van der Waals surface area contributed by atoms with Gasteiger partial charge < -0.3 is 5.73 Å². The first kappa shape index (κ1) is 8.67. The van der Waals surface area contributed by atoms with Gasteiger partial charge >= 0.3 is 0 Å². The molecule has 0 spiro atoms. The summed E-state index contributed by atoms with van der Waals surface area (Å²) in [5.41, 5.74) is 7.69. The van der Waals surface area contributed by atoms with Gasteiger partial charge in [-0.15, -0.1) is 0 Å². The molecule has 2 rings (SSSR count). The molecule has 0 aliphatic heterocycles. The van der Waals surface area contributed by atoms with Crippen LogP contribution in [0.2, 0.25) is 0 Å². The summed E-state index contributed by atoms with van der Waals surface area (Å²) in [4.78, 5) is 0. The fraction of sp³-hybridized carbons (Fsp3) is 0.429. The monoisotopic (exact) mass is 193 g/mol. The average Bonchev–Trinajstić information content (AvgIpc) is 2.68. The second-order valence-electron chi connectivity index (χ2n) is 3.07. The van der Waals surface area contributed by atoms with E-state index < -0.39 is 0 Å². The first-order chi connectivity index (χ1) is 6.68. The van der Waals surface area contributed by atoms with Crippen LogP contribution in [-0.2, 0) is 13.6 Å². The second kappa shape index (κ2) is 3.09. The normalized spacial score (nSPS) is 10.7. The third kappa shape index (κ3) is 1.32. The van der Waals surface area contributed by atoms with Gasteiger partial charge in [-0.3, -0.25) is 4.68 Å². The summed E-state index contributed by atoms with van der Waals surface area (Å²) < 4.78 is 3.33. The van der Waals surface area contributed by atoms with Crippen LogP contribution >= 0.6 is 0 Å². The highest BCUT2D eigenvalue weighted by Gasteiger charge is 2.07. The van der Waals surface area contributed by atoms with Crippen LogP contribution in [0, 0.1) is 6.92 Å². The zero-order valence-electron chi connectivity index (χ0n) is 8.05. The summed E-state index contributed by atoms with van der Waals surface area (Å²) in [5.74, 6) is 0.313. The van der Waals surface area contributed by atoms with Crippen molar-refractivity contribution in [3.63, 3.8) is 0 Å². The molecule has 0 bridgehead atoms. The lowest BCUT2D eigenvalue weighted by Gasteiger charge is -2.00. The van der Waals surface area contributed by atoms with Crippen molar-refractivity contribution in [2.75, 3.05) is 5.73 Å². The molecule has 2 aromatic rings. The Bertz CT molecular complexity index is 441. The molecular weight excluding hydrogens is 182 g/mol. The summed E-state index contributed by atoms with van der Waals surface area (Å²) >= 11 is 0. The molecule has 0 unspecified atom stereocenters. The number of nitrogens with zero attached hydrogens (tertiary/aromatic N) is 6. The van der Waals surface area contributed by atoms with Crippen molar-refractivity contribution in [3.05, 3.63) is 17.5 Å². The van der Waals surface area contributed by atoms with Crippen molar-refractivity contribution < 1.29 is 0 Å². The minimum Gasteiger partial charge on any atom is -0.367 e. The van der Waals surface area contributed by atoms with Crippen LogP contribution in [-0.4, -0.2) is 30.0 Å². The maximum absolute atomic E-state index is 5.54. The van der Waals surface area contributed by atoms with Gasteiger partial charge in [0, 0.05) is 18.3 Å². The van der Waals surface area contributed by atoms with Crippen LogP contribution < -0.4 is 5.73 Å². The molecule has 0 aliphatic carbocycles. The van der Waals surface area contributed by atoms with E-state index in [1.807, 2.05) is 14.0 Å². The Hall–Kier alpha value is -1.92. The number of nitrogens with two attached hydrogens (primary N) is 1. The summed E-state index contributed by atoms with van der Waals surface area (Å²) in [6.45, 7) is 2.54. The molecule has 0 saturated carbocycles. The van der Waals surface area contributed by atoms with Gasteiger partial charge in [0.25, 0.3) is 0 Å². The van der Waals surface area contributed by atoms with Gasteiger partial charge in [0.2, 0.25) is 5.95 Å². The largest absolute Gasteiger partial charge is 0.367 e. The molecule has 0 saturated heterocycles. The van der Waals surface area contributed by atoms with E-state index in [0.717, 1.165) is 11.3 Å². The minimum atomic E-state index is 0.313. The number of hydrogen-bond donors (Lipinski definition) is 1. The van der Waals surface area contributed by atoms with Crippen LogP contribution in [0.15, 0.2) is 6.20 Å². The Morgan fingerprint density at radius 1 is 1.50 bits per heavy atom. The van der Waals surface area contributed by atoms with Crippen LogP contribution in [0.3, 0.4) is 0 Å². The average molecular weight is 193 g/mol. The number of anilines is 1. The quantitative estimate of drug-likeness (QED) is 0.684. The fourth-order valence-corrected chi connectivity index (χ4v) is 1.18. The van der Waals surface area contributed by atoms with Gasteiger partial charge in [-0.1, -0.05) is 5.10 Å². The molecule has 0 aromatic carbocycles. The SMILES string of the molecule is Cc1c(Cn2nnnc2N)cnn1C. The molecular formula is C7H11N7. The summed E-state index contributed by atoms with van der Waals surface area (Å²) in [7, 11) is 1.89. The van der Waals surface area contributed by atoms with E-state index in [4.69, 9.17) is 5.73 Å². The highest BCUT2D eigenvalue weighted by Crippen LogP contribution is 2.08. The third-order valence-electron chi connectivity index (χ3n) is 2.22. The molecule has 74 valence electrons. The summed E-state index contributed by atoms with van der Waals surface area (Å²) in [6.07, 6.45) is 1.79. The number of tetrazole rings is 1. The Morgan fingerprint density at radius 3 is 2.79 bits per heavy atom. The minimum absolute atomic E-state index is 0.313. The Morgan fingerprint density at radius 2 is 2.29 bits per heavy atom. The van der Waals surface area contributed by atoms with Crippen molar-refractivity contribution in [2.45, 2.75) is 13.5 Å². The van der Waals surface area contributed by atoms with Crippen molar-refractivity contribution in [3.8, 4) is 0 Å². The summed E-state index contributed by atoms with van der Waals surface area (Å²) in [5, 5.41) is 14.9. The van der Waals surface area contributed by atoms with E-state index in [9.17, 15) is 0 Å². The van der Waals surface area contributed by atoms with E-state index in [1.165, 1.54) is 4.68 Å². The highest BCUT2D eigenvalue weighted by molar-refractivity contribution is 5.19. The van der Waals surface area contributed by atoms with Gasteiger partial charge in [0.1, 0.15) is 0 Å². The smallest absolute Gasteiger partial charge is 0.240 e. The lowest BCUT2D eigenvalue weighted by atomic mass is 10.2. The van der Waals surface area contributed by atoms with Gasteiger partial charge in [0.05, 0.1) is 12.7 Å². The van der Waals surface area contributed by atoms with Gasteiger partial charge in [0.15, 0.2) is 0 Å². The van der Waals surface area contributed by atoms with Gasteiger partial charge in [-0.2, -0.15) is 5.10 Å². The molecule has 2 heterocycles. The van der Waals surface area contributed by atoms with Crippen molar-refractivity contribution in [1.29, 1.82) is 0 Å². The van der Waals surface area contributed by atoms with Crippen molar-refractivity contribution in [2.24, 2.45) is 7.05 Å². The zero-order chi connectivity index (χ0) is 10.1. The van der Waals surface area contributed by atoms with Crippen LogP contribution in [0.4, 0.5) is 5.95 Å². The van der Waals surface area contributed by atoms with Gasteiger partial charge in [-0.05, 0) is 17.4 Å². The predicted molar refractivity (Wildman–Crippen MR) is 49.3 cm³/mol. The number of aryl methyl sites for hydroxylation is 1. The van der Waals surface area contributed by atoms with E-state index >= 15 is 0 Å². The number of nitrogen functional groups attached to an aromatic ring is 1. The first-order valence-electron chi connectivity index (χ1n) is 4.17. The van der Waals surface area contributed by atoms with E-state index in [1.54, 1.807) is 10.9 Å². The maximum Gasteiger partial charge on any atom is 0.240 e. The molecule has 0 atom stereocenters. The lowest BCUT2D eigenvalue weighted by Crippen LogP contribution is -2.07. The standard InChI is InChI=1S/C7H11N7/c1-5-6(3-9-13(5)2)4-14-7(8)10-11-12-14/h3H,4H2,1-2H3,(H2,8,10,12). The van der Waals surface area contributed by atoms with Crippen LogP contribution in [0.5, 0.6) is 0 Å². The highest BCUT2D eigenvalue weighted by atomic mass is 15.6. The molecule has 0 radical (unpaired) electrons. The first-order valence-corrected chi connectivity index (χ1v) is 4.17. The number of rotatable bonds is 2. The second-order valence-corrected chi connectivity index (χ2v) is 3.07.